The van der Waals surface area contributed by atoms with E-state index in [-0.39, 0.29) is 44.0 Å². The van der Waals surface area contributed by atoms with Gasteiger partial charge in [0.25, 0.3) is 0 Å². The van der Waals surface area contributed by atoms with E-state index in [1.165, 1.54) is 18.1 Å². The molecule has 35 heavy (non-hydrogen) atoms. The van der Waals surface area contributed by atoms with Gasteiger partial charge in [-0.1, -0.05) is 48.5 Å². The third-order valence-corrected chi connectivity index (χ3v) is 6.82. The molecule has 1 fully saturated rings. The number of morpholine rings is 1. The molecule has 2 amide bonds. The number of benzene rings is 2. The van der Waals surface area contributed by atoms with Crippen molar-refractivity contribution in [3.8, 4) is 11.1 Å². The third-order valence-electron chi connectivity index (χ3n) is 6.82. The van der Waals surface area contributed by atoms with Gasteiger partial charge in [0, 0.05) is 24.9 Å². The first-order valence-electron chi connectivity index (χ1n) is 12.0. The number of amides is 2. The molecule has 1 heterocycles. The molecule has 0 saturated carbocycles. The Morgan fingerprint density at radius 1 is 1.14 bits per heavy atom. The quantitative estimate of drug-likeness (QED) is 0.596. The van der Waals surface area contributed by atoms with E-state index in [2.05, 4.69) is 29.6 Å². The maximum atomic E-state index is 12.5. The zero-order chi connectivity index (χ0) is 25.0. The number of nitrogens with zero attached hydrogens (tertiary/aromatic N) is 1. The van der Waals surface area contributed by atoms with Gasteiger partial charge in [-0.2, -0.15) is 0 Å². The molecule has 2 N–H and O–H groups in total. The number of ether oxygens (including phenoxy) is 2. The van der Waals surface area contributed by atoms with Crippen LogP contribution in [0.3, 0.4) is 0 Å². The Morgan fingerprint density at radius 3 is 2.40 bits per heavy atom. The zero-order valence-corrected chi connectivity index (χ0v) is 20.2. The summed E-state index contributed by atoms with van der Waals surface area (Å²) in [6.07, 6.45) is 0.990. The number of fused-ring (bicyclic) bond motifs is 3. The van der Waals surface area contributed by atoms with Crippen LogP contribution in [0.4, 0.5) is 4.79 Å². The van der Waals surface area contributed by atoms with E-state index in [0.29, 0.717) is 19.4 Å². The Hall–Kier alpha value is -3.39. The van der Waals surface area contributed by atoms with Gasteiger partial charge in [0.15, 0.2) is 5.60 Å². The van der Waals surface area contributed by atoms with Gasteiger partial charge in [0.2, 0.25) is 5.91 Å². The largest absolute Gasteiger partial charge is 0.479 e. The molecule has 1 saturated heterocycles. The first-order chi connectivity index (χ1) is 16.8. The lowest BCUT2D eigenvalue weighted by Gasteiger charge is -2.37. The Labute approximate surface area is 205 Å². The van der Waals surface area contributed by atoms with Crippen LogP contribution < -0.4 is 5.32 Å². The summed E-state index contributed by atoms with van der Waals surface area (Å²) in [5, 5.41) is 12.2. The first kappa shape index (κ1) is 24.7. The average molecular weight is 481 g/mol. The molecule has 2 aromatic rings. The fourth-order valence-corrected chi connectivity index (χ4v) is 4.84. The summed E-state index contributed by atoms with van der Waals surface area (Å²) in [7, 11) is 0. The minimum absolute atomic E-state index is 0.00564. The van der Waals surface area contributed by atoms with Crippen LogP contribution in [-0.2, 0) is 19.1 Å². The lowest BCUT2D eigenvalue weighted by molar-refractivity contribution is -0.177. The summed E-state index contributed by atoms with van der Waals surface area (Å²) in [5.74, 6) is -1.17. The topological polar surface area (TPSA) is 105 Å². The molecule has 2 aromatic carbocycles. The predicted molar refractivity (Wildman–Crippen MR) is 130 cm³/mol. The van der Waals surface area contributed by atoms with Gasteiger partial charge in [-0.25, -0.2) is 9.59 Å². The average Bonchev–Trinajstić information content (AvgIpc) is 3.16. The lowest BCUT2D eigenvalue weighted by Crippen LogP contribution is -2.56. The van der Waals surface area contributed by atoms with Gasteiger partial charge >= 0.3 is 12.1 Å². The van der Waals surface area contributed by atoms with Crippen LogP contribution >= 0.6 is 0 Å². The monoisotopic (exact) mass is 480 g/mol. The Morgan fingerprint density at radius 2 is 1.77 bits per heavy atom. The molecule has 0 spiro atoms. The smallest absolute Gasteiger partial charge is 0.407 e. The number of hydrogen-bond donors (Lipinski definition) is 2. The highest BCUT2D eigenvalue weighted by atomic mass is 16.5. The maximum absolute atomic E-state index is 12.5. The molecule has 0 bridgehead atoms. The minimum Gasteiger partial charge on any atom is -0.479 e. The second kappa shape index (κ2) is 10.5. The molecule has 2 atom stereocenters. The van der Waals surface area contributed by atoms with Gasteiger partial charge in [-0.15, -0.1) is 0 Å². The Kier molecular flexibility index (Phi) is 7.40. The molecule has 0 aromatic heterocycles. The van der Waals surface area contributed by atoms with Crippen LogP contribution in [0.1, 0.15) is 50.2 Å². The van der Waals surface area contributed by atoms with Gasteiger partial charge < -0.3 is 24.8 Å². The van der Waals surface area contributed by atoms with Crippen LogP contribution in [0.25, 0.3) is 11.1 Å². The number of aliphatic carboxylic acids is 1. The molecule has 4 rings (SSSR count). The number of hydrogen-bond acceptors (Lipinski definition) is 5. The van der Waals surface area contributed by atoms with E-state index in [4.69, 9.17) is 9.47 Å². The minimum atomic E-state index is -1.37. The fourth-order valence-electron chi connectivity index (χ4n) is 4.84. The molecule has 2 unspecified atom stereocenters. The molecule has 8 nitrogen and oxygen atoms in total. The van der Waals surface area contributed by atoms with Crippen molar-refractivity contribution in [1.82, 2.24) is 10.2 Å². The SMILES string of the molecule is CC(CCCC(=O)N1CCOC(C)(C(=O)O)C1)NC(=O)OCC1c2ccccc2-c2ccccc21. The Balaban J connectivity index is 1.21. The summed E-state index contributed by atoms with van der Waals surface area (Å²) < 4.78 is 10.9. The normalized spacial score (nSPS) is 20.0. The number of carbonyl (C=O) groups is 3. The van der Waals surface area contributed by atoms with Crippen LogP contribution in [0.5, 0.6) is 0 Å². The summed E-state index contributed by atoms with van der Waals surface area (Å²) in [5.41, 5.74) is 3.32. The summed E-state index contributed by atoms with van der Waals surface area (Å²) >= 11 is 0. The van der Waals surface area contributed by atoms with Gasteiger partial charge in [0.1, 0.15) is 6.61 Å². The van der Waals surface area contributed by atoms with E-state index in [1.807, 2.05) is 31.2 Å². The van der Waals surface area contributed by atoms with Gasteiger partial charge in [-0.3, -0.25) is 4.79 Å². The summed E-state index contributed by atoms with van der Waals surface area (Å²) in [6.45, 7) is 4.24. The third kappa shape index (κ3) is 5.48. The van der Waals surface area contributed by atoms with E-state index in [0.717, 1.165) is 11.1 Å². The number of nitrogens with one attached hydrogen (secondary N) is 1. The number of carbonyl (C=O) groups excluding carboxylic acids is 2. The van der Waals surface area contributed by atoms with E-state index < -0.39 is 17.7 Å². The number of carboxylic acid groups (broad SMARTS) is 1. The molecule has 186 valence electrons. The van der Waals surface area contributed by atoms with Crippen LogP contribution in [0, 0.1) is 0 Å². The fraction of sp³-hybridized carbons (Fsp3) is 0.444. The summed E-state index contributed by atoms with van der Waals surface area (Å²) in [4.78, 5) is 37.9. The molecule has 0 radical (unpaired) electrons. The Bertz CT molecular complexity index is 1060. The molecular weight excluding hydrogens is 448 g/mol. The van der Waals surface area contributed by atoms with Crippen LogP contribution in [0.2, 0.25) is 0 Å². The van der Waals surface area contributed by atoms with Crippen LogP contribution in [-0.4, -0.2) is 65.9 Å². The zero-order valence-electron chi connectivity index (χ0n) is 20.2. The van der Waals surface area contributed by atoms with Crippen molar-refractivity contribution >= 4 is 18.0 Å². The van der Waals surface area contributed by atoms with Crippen molar-refractivity contribution in [3.63, 3.8) is 0 Å². The van der Waals surface area contributed by atoms with E-state index >= 15 is 0 Å². The first-order valence-corrected chi connectivity index (χ1v) is 12.0. The molecular formula is C27H32N2O6. The van der Waals surface area contributed by atoms with E-state index in [1.54, 1.807) is 4.90 Å². The molecule has 1 aliphatic carbocycles. The second-order valence-electron chi connectivity index (χ2n) is 9.46. The molecule has 8 heteroatoms. The van der Waals surface area contributed by atoms with E-state index in [9.17, 15) is 19.5 Å². The van der Waals surface area contributed by atoms with Gasteiger partial charge in [0.05, 0.1) is 13.2 Å². The van der Waals surface area contributed by atoms with Crippen molar-refractivity contribution in [2.45, 2.75) is 50.7 Å². The van der Waals surface area contributed by atoms with Crippen LogP contribution in [0.15, 0.2) is 48.5 Å². The highest BCUT2D eigenvalue weighted by Crippen LogP contribution is 2.44. The second-order valence-corrected chi connectivity index (χ2v) is 9.46. The lowest BCUT2D eigenvalue weighted by atomic mass is 9.98. The van der Waals surface area contributed by atoms with Gasteiger partial charge in [-0.05, 0) is 48.9 Å². The molecule has 2 aliphatic rings. The van der Waals surface area contributed by atoms with Crippen molar-refractivity contribution in [2.24, 2.45) is 0 Å². The summed E-state index contributed by atoms with van der Waals surface area (Å²) in [6, 6.07) is 16.2. The predicted octanol–water partition coefficient (Wildman–Crippen LogP) is 3.79. The highest BCUT2D eigenvalue weighted by Gasteiger charge is 2.40. The maximum Gasteiger partial charge on any atom is 0.407 e. The van der Waals surface area contributed by atoms with Crippen molar-refractivity contribution in [3.05, 3.63) is 59.7 Å². The molecule has 1 aliphatic heterocycles. The number of alkyl carbamates (subject to hydrolysis) is 1. The van der Waals surface area contributed by atoms with Crippen molar-refractivity contribution < 1.29 is 29.0 Å². The number of carboxylic acids is 1. The highest BCUT2D eigenvalue weighted by molar-refractivity contribution is 5.81. The van der Waals surface area contributed by atoms with Crippen molar-refractivity contribution in [1.29, 1.82) is 0 Å². The standard InChI is InChI=1S/C27H32N2O6/c1-18(8-7-13-24(30)29-14-15-35-27(2,17-29)25(31)32)28-26(33)34-16-23-21-11-5-3-9-19(21)20-10-4-6-12-22(20)23/h3-6,9-12,18,23H,7-8,13-17H2,1-2H3,(H,28,33)(H,31,32). The van der Waals surface area contributed by atoms with Crippen molar-refractivity contribution in [2.75, 3.05) is 26.3 Å². The number of rotatable bonds is 8.